The number of nitro groups is 1. The maximum atomic E-state index is 13.2. The largest absolute Gasteiger partial charge is 0.496 e. The number of anilines is 2. The van der Waals surface area contributed by atoms with Crippen LogP contribution in [0.2, 0.25) is 0 Å². The molecule has 0 saturated carbocycles. The van der Waals surface area contributed by atoms with Gasteiger partial charge in [-0.15, -0.1) is 0 Å². The van der Waals surface area contributed by atoms with Gasteiger partial charge in [-0.1, -0.05) is 43.3 Å². The molecule has 0 aromatic heterocycles. The van der Waals surface area contributed by atoms with Gasteiger partial charge < -0.3 is 15.0 Å². The lowest BCUT2D eigenvalue weighted by atomic mass is 10.0. The number of carbonyl (C=O) groups excluding carboxylic acids is 1. The van der Waals surface area contributed by atoms with Crippen LogP contribution in [0.4, 0.5) is 17.1 Å². The molecule has 1 heterocycles. The number of allylic oxidation sites excluding steroid dienone is 1. The first-order chi connectivity index (χ1) is 18.1. The molecule has 198 valence electrons. The van der Waals surface area contributed by atoms with Gasteiger partial charge in [0.05, 0.1) is 23.0 Å². The summed E-state index contributed by atoms with van der Waals surface area (Å²) < 4.78 is 29.1. The van der Waals surface area contributed by atoms with Crippen LogP contribution < -0.4 is 20.1 Å². The average Bonchev–Trinajstić information content (AvgIpc) is 3.10. The predicted molar refractivity (Wildman–Crippen MR) is 146 cm³/mol. The van der Waals surface area contributed by atoms with Gasteiger partial charge in [0.1, 0.15) is 11.4 Å². The molecule has 11 heteroatoms. The fourth-order valence-electron chi connectivity index (χ4n) is 4.39. The van der Waals surface area contributed by atoms with E-state index in [1.165, 1.54) is 25.3 Å². The Morgan fingerprint density at radius 2 is 1.84 bits per heavy atom. The molecule has 4 rings (SSSR count). The summed E-state index contributed by atoms with van der Waals surface area (Å²) in [4.78, 5) is 26.3. The van der Waals surface area contributed by atoms with Gasteiger partial charge in [0.15, 0.2) is 0 Å². The number of carbonyl (C=O) groups is 1. The molecule has 1 amide bonds. The molecule has 1 aliphatic rings. The van der Waals surface area contributed by atoms with Crippen LogP contribution in [0, 0.1) is 16.0 Å². The first-order valence-corrected chi connectivity index (χ1v) is 13.4. The van der Waals surface area contributed by atoms with Crippen LogP contribution in [0.25, 0.3) is 11.1 Å². The molecule has 0 saturated heterocycles. The van der Waals surface area contributed by atoms with Gasteiger partial charge in [0, 0.05) is 29.9 Å². The molecule has 0 aliphatic carbocycles. The monoisotopic (exact) mass is 536 g/mol. The van der Waals surface area contributed by atoms with Crippen molar-refractivity contribution in [1.29, 1.82) is 0 Å². The van der Waals surface area contributed by atoms with Crippen molar-refractivity contribution in [3.8, 4) is 16.9 Å². The number of nitrogens with two attached hydrogens (primary N) is 1. The number of primary sulfonamides is 1. The van der Waals surface area contributed by atoms with E-state index < -0.39 is 20.9 Å². The Kier molecular flexibility index (Phi) is 7.79. The second-order valence-electron chi connectivity index (χ2n) is 9.06. The van der Waals surface area contributed by atoms with Crippen LogP contribution in [0.1, 0.15) is 13.3 Å². The minimum atomic E-state index is -3.89. The standard InChI is InChI=1S/C27H28N4O6S/c1-18-13-14-30(21-9-7-19(8-10-21)23-5-3-4-6-26(23)38(28,35)36)17-20(15-18)27(32)29-24-12-11-22(37-2)16-25(24)31(33)34/h3-12,15-16,18H,13-14,17H2,1-2H3,(H,29,32)(H2,28,35,36). The maximum absolute atomic E-state index is 13.2. The van der Waals surface area contributed by atoms with Crippen LogP contribution in [0.15, 0.2) is 83.3 Å². The predicted octanol–water partition coefficient (Wildman–Crippen LogP) is 4.33. The van der Waals surface area contributed by atoms with Crippen LogP contribution in [0.3, 0.4) is 0 Å². The molecule has 3 N–H and O–H groups in total. The molecule has 0 bridgehead atoms. The van der Waals surface area contributed by atoms with Crippen LogP contribution >= 0.6 is 0 Å². The van der Waals surface area contributed by atoms with Crippen molar-refractivity contribution >= 4 is 33.0 Å². The summed E-state index contributed by atoms with van der Waals surface area (Å²) in [6, 6.07) is 18.2. The molecular formula is C27H28N4O6S. The molecule has 38 heavy (non-hydrogen) atoms. The highest BCUT2D eigenvalue weighted by Gasteiger charge is 2.23. The Bertz CT molecular complexity index is 1500. The van der Waals surface area contributed by atoms with E-state index in [1.54, 1.807) is 24.3 Å². The summed E-state index contributed by atoms with van der Waals surface area (Å²) in [5, 5.41) is 19.6. The quantitative estimate of drug-likeness (QED) is 0.338. The minimum Gasteiger partial charge on any atom is -0.496 e. The molecule has 10 nitrogen and oxygen atoms in total. The van der Waals surface area contributed by atoms with E-state index in [1.807, 2.05) is 42.2 Å². The van der Waals surface area contributed by atoms with Crippen molar-refractivity contribution in [2.75, 3.05) is 30.4 Å². The number of nitrogens with zero attached hydrogens (tertiary/aromatic N) is 2. The second-order valence-corrected chi connectivity index (χ2v) is 10.6. The minimum absolute atomic E-state index is 0.0471. The lowest BCUT2D eigenvalue weighted by molar-refractivity contribution is -0.384. The van der Waals surface area contributed by atoms with E-state index in [4.69, 9.17) is 9.88 Å². The van der Waals surface area contributed by atoms with E-state index in [-0.39, 0.29) is 22.2 Å². The molecule has 1 aliphatic heterocycles. The van der Waals surface area contributed by atoms with Gasteiger partial charge in [-0.3, -0.25) is 14.9 Å². The number of sulfonamides is 1. The van der Waals surface area contributed by atoms with E-state index in [0.29, 0.717) is 35.5 Å². The zero-order chi connectivity index (χ0) is 27.4. The number of nitrogens with one attached hydrogen (secondary N) is 1. The van der Waals surface area contributed by atoms with Crippen LogP contribution in [-0.2, 0) is 14.8 Å². The van der Waals surface area contributed by atoms with Gasteiger partial charge in [0.2, 0.25) is 10.0 Å². The van der Waals surface area contributed by atoms with E-state index in [2.05, 4.69) is 5.32 Å². The molecule has 0 spiro atoms. The summed E-state index contributed by atoms with van der Waals surface area (Å²) in [5.74, 6) is 0.0153. The first kappa shape index (κ1) is 26.8. The third-order valence-corrected chi connectivity index (χ3v) is 7.35. The van der Waals surface area contributed by atoms with E-state index in [0.717, 1.165) is 12.1 Å². The number of methoxy groups -OCH3 is 1. The van der Waals surface area contributed by atoms with Gasteiger partial charge >= 0.3 is 0 Å². The van der Waals surface area contributed by atoms with Gasteiger partial charge in [-0.25, -0.2) is 13.6 Å². The summed E-state index contributed by atoms with van der Waals surface area (Å²) in [5.41, 5.74) is 2.37. The normalized spacial score (nSPS) is 15.8. The summed E-state index contributed by atoms with van der Waals surface area (Å²) in [6.45, 7) is 3.00. The summed E-state index contributed by atoms with van der Waals surface area (Å²) in [7, 11) is -2.48. The summed E-state index contributed by atoms with van der Waals surface area (Å²) in [6.07, 6.45) is 2.69. The molecule has 1 unspecified atom stereocenters. The van der Waals surface area contributed by atoms with E-state index in [9.17, 15) is 23.3 Å². The van der Waals surface area contributed by atoms with Crippen molar-refractivity contribution < 1.29 is 22.9 Å². The smallest absolute Gasteiger partial charge is 0.296 e. The number of nitro benzene ring substituents is 1. The first-order valence-electron chi connectivity index (χ1n) is 11.9. The third kappa shape index (κ3) is 6.01. The van der Waals surface area contributed by atoms with Crippen molar-refractivity contribution in [2.45, 2.75) is 18.2 Å². The highest BCUT2D eigenvalue weighted by Crippen LogP contribution is 2.31. The molecule has 1 atom stereocenters. The number of amides is 1. The highest BCUT2D eigenvalue weighted by atomic mass is 32.2. The fraction of sp³-hybridized carbons (Fsp3) is 0.222. The number of rotatable bonds is 7. The van der Waals surface area contributed by atoms with Crippen LogP contribution in [-0.4, -0.2) is 39.4 Å². The number of benzene rings is 3. The van der Waals surface area contributed by atoms with Gasteiger partial charge in [0.25, 0.3) is 11.6 Å². The van der Waals surface area contributed by atoms with Gasteiger partial charge in [-0.05, 0) is 48.2 Å². The third-order valence-electron chi connectivity index (χ3n) is 6.38. The Hall–Kier alpha value is -4.22. The fourth-order valence-corrected chi connectivity index (χ4v) is 5.15. The van der Waals surface area contributed by atoms with Crippen molar-refractivity contribution in [2.24, 2.45) is 11.1 Å². The zero-order valence-corrected chi connectivity index (χ0v) is 21.8. The maximum Gasteiger partial charge on any atom is 0.296 e. The average molecular weight is 537 g/mol. The Morgan fingerprint density at radius 3 is 2.50 bits per heavy atom. The molecular weight excluding hydrogens is 508 g/mol. The topological polar surface area (TPSA) is 145 Å². The van der Waals surface area contributed by atoms with E-state index >= 15 is 0 Å². The van der Waals surface area contributed by atoms with Crippen molar-refractivity contribution in [1.82, 2.24) is 0 Å². The molecule has 3 aromatic rings. The highest BCUT2D eigenvalue weighted by molar-refractivity contribution is 7.89. The van der Waals surface area contributed by atoms with Crippen molar-refractivity contribution in [3.05, 3.63) is 88.5 Å². The number of ether oxygens (including phenoxy) is 1. The Balaban J connectivity index is 1.57. The van der Waals surface area contributed by atoms with Crippen molar-refractivity contribution in [3.63, 3.8) is 0 Å². The summed E-state index contributed by atoms with van der Waals surface area (Å²) >= 11 is 0. The lowest BCUT2D eigenvalue weighted by Crippen LogP contribution is -2.29. The Labute approximate surface area is 220 Å². The molecule has 0 fully saturated rings. The Morgan fingerprint density at radius 1 is 1.13 bits per heavy atom. The SMILES string of the molecule is COc1ccc(NC(=O)C2=CC(C)CCN(c3ccc(-c4ccccc4S(N)(=O)=O)cc3)C2)c([N+](=O)[O-])c1. The number of hydrogen-bond donors (Lipinski definition) is 2. The van der Waals surface area contributed by atoms with Gasteiger partial charge in [-0.2, -0.15) is 0 Å². The molecule has 3 aromatic carbocycles. The zero-order valence-electron chi connectivity index (χ0n) is 21.0. The molecule has 0 radical (unpaired) electrons. The van der Waals surface area contributed by atoms with Crippen LogP contribution in [0.5, 0.6) is 5.75 Å². The lowest BCUT2D eigenvalue weighted by Gasteiger charge is -2.24. The second kappa shape index (κ2) is 11.0. The number of hydrogen-bond acceptors (Lipinski definition) is 7.